The van der Waals surface area contributed by atoms with E-state index in [1.54, 1.807) is 12.1 Å². The Bertz CT molecular complexity index is 431. The maximum atomic E-state index is 11.8. The first-order valence-electron chi connectivity index (χ1n) is 7.61. The van der Waals surface area contributed by atoms with Crippen molar-refractivity contribution in [3.63, 3.8) is 0 Å². The summed E-state index contributed by atoms with van der Waals surface area (Å²) in [5.74, 6) is 0.368. The van der Waals surface area contributed by atoms with Crippen LogP contribution >= 0.6 is 0 Å². The lowest BCUT2D eigenvalue weighted by molar-refractivity contribution is 0.0954. The highest BCUT2D eigenvalue weighted by atomic mass is 16.1. The van der Waals surface area contributed by atoms with E-state index in [1.165, 1.54) is 19.3 Å². The fourth-order valence-electron chi connectivity index (χ4n) is 1.85. The molecule has 0 fully saturated rings. The fraction of sp³-hybridized carbons (Fsp3) is 0.500. The van der Waals surface area contributed by atoms with Crippen LogP contribution < -0.4 is 16.4 Å². The van der Waals surface area contributed by atoms with Crippen LogP contribution in [0.15, 0.2) is 35.3 Å². The van der Waals surface area contributed by atoms with Crippen molar-refractivity contribution in [1.29, 1.82) is 0 Å². The van der Waals surface area contributed by atoms with E-state index in [-0.39, 0.29) is 5.91 Å². The minimum Gasteiger partial charge on any atom is -0.370 e. The van der Waals surface area contributed by atoms with Crippen molar-refractivity contribution >= 4 is 11.9 Å². The lowest BCUT2D eigenvalue weighted by Gasteiger charge is -2.07. The highest BCUT2D eigenvalue weighted by molar-refractivity contribution is 5.94. The summed E-state index contributed by atoms with van der Waals surface area (Å²) < 4.78 is 0. The van der Waals surface area contributed by atoms with E-state index in [1.807, 2.05) is 18.2 Å². The van der Waals surface area contributed by atoms with Crippen molar-refractivity contribution in [2.24, 2.45) is 10.7 Å². The molecule has 5 nitrogen and oxygen atoms in total. The summed E-state index contributed by atoms with van der Waals surface area (Å²) >= 11 is 0. The molecule has 0 saturated heterocycles. The minimum absolute atomic E-state index is 0.0764. The van der Waals surface area contributed by atoms with Crippen molar-refractivity contribution in [3.8, 4) is 0 Å². The SMILES string of the molecule is CCCCCCN=C(N)NCCNC(=O)c1ccccc1. The van der Waals surface area contributed by atoms with E-state index >= 15 is 0 Å². The Kier molecular flexibility index (Phi) is 8.68. The van der Waals surface area contributed by atoms with E-state index in [4.69, 9.17) is 5.73 Å². The third kappa shape index (κ3) is 7.97. The van der Waals surface area contributed by atoms with Crippen LogP contribution in [0.2, 0.25) is 0 Å². The molecule has 0 heterocycles. The molecular formula is C16H26N4O. The molecule has 116 valence electrons. The van der Waals surface area contributed by atoms with Crippen LogP contribution in [0.3, 0.4) is 0 Å². The second kappa shape index (κ2) is 10.7. The number of carbonyl (C=O) groups excluding carboxylic acids is 1. The van der Waals surface area contributed by atoms with Crippen LogP contribution in [0.25, 0.3) is 0 Å². The number of aliphatic imine (C=N–C) groups is 1. The van der Waals surface area contributed by atoms with Crippen molar-refractivity contribution in [2.75, 3.05) is 19.6 Å². The Balaban J connectivity index is 2.10. The monoisotopic (exact) mass is 290 g/mol. The molecule has 0 radical (unpaired) electrons. The molecule has 0 bridgehead atoms. The maximum absolute atomic E-state index is 11.8. The smallest absolute Gasteiger partial charge is 0.251 e. The number of guanidine groups is 1. The second-order valence-corrected chi connectivity index (χ2v) is 4.88. The molecule has 0 aromatic heterocycles. The van der Waals surface area contributed by atoms with Crippen molar-refractivity contribution < 1.29 is 4.79 Å². The van der Waals surface area contributed by atoms with Gasteiger partial charge in [-0.2, -0.15) is 0 Å². The summed E-state index contributed by atoms with van der Waals surface area (Å²) in [6.45, 7) is 4.03. The highest BCUT2D eigenvalue weighted by Crippen LogP contribution is 1.98. The highest BCUT2D eigenvalue weighted by Gasteiger charge is 2.02. The number of unbranched alkanes of at least 4 members (excludes halogenated alkanes) is 3. The number of nitrogens with zero attached hydrogens (tertiary/aromatic N) is 1. The quantitative estimate of drug-likeness (QED) is 0.369. The van der Waals surface area contributed by atoms with Crippen LogP contribution in [0.5, 0.6) is 0 Å². The molecule has 1 amide bonds. The molecule has 0 atom stereocenters. The molecule has 0 aliphatic carbocycles. The predicted octanol–water partition coefficient (Wildman–Crippen LogP) is 1.90. The van der Waals surface area contributed by atoms with Gasteiger partial charge in [-0.15, -0.1) is 0 Å². The summed E-state index contributed by atoms with van der Waals surface area (Å²) in [5.41, 5.74) is 6.40. The number of nitrogens with two attached hydrogens (primary N) is 1. The van der Waals surface area contributed by atoms with Crippen molar-refractivity contribution in [2.45, 2.75) is 32.6 Å². The van der Waals surface area contributed by atoms with Crippen LogP contribution in [0.1, 0.15) is 43.0 Å². The molecule has 0 aliphatic rings. The van der Waals surface area contributed by atoms with Crippen molar-refractivity contribution in [3.05, 3.63) is 35.9 Å². The summed E-state index contributed by atoms with van der Waals surface area (Å²) in [4.78, 5) is 16.0. The van der Waals surface area contributed by atoms with E-state index in [0.717, 1.165) is 13.0 Å². The number of carbonyl (C=O) groups is 1. The molecule has 4 N–H and O–H groups in total. The summed E-state index contributed by atoms with van der Waals surface area (Å²) in [6.07, 6.45) is 4.73. The zero-order chi connectivity index (χ0) is 15.3. The molecule has 0 unspecified atom stereocenters. The van der Waals surface area contributed by atoms with Gasteiger partial charge in [0.05, 0.1) is 0 Å². The molecule has 0 saturated carbocycles. The topological polar surface area (TPSA) is 79.5 Å². The molecule has 1 aromatic carbocycles. The third-order valence-corrected chi connectivity index (χ3v) is 3.05. The molecule has 0 aliphatic heterocycles. The van der Waals surface area contributed by atoms with Gasteiger partial charge in [0.2, 0.25) is 0 Å². The molecule has 0 spiro atoms. The second-order valence-electron chi connectivity index (χ2n) is 4.88. The Hall–Kier alpha value is -2.04. The first-order chi connectivity index (χ1) is 10.2. The average molecular weight is 290 g/mol. The normalized spacial score (nSPS) is 11.2. The van der Waals surface area contributed by atoms with Gasteiger partial charge < -0.3 is 16.4 Å². The first kappa shape index (κ1) is 17.0. The van der Waals surface area contributed by atoms with Gasteiger partial charge in [-0.3, -0.25) is 9.79 Å². The lowest BCUT2D eigenvalue weighted by atomic mass is 10.2. The fourth-order valence-corrected chi connectivity index (χ4v) is 1.85. The number of amides is 1. The number of hydrogen-bond acceptors (Lipinski definition) is 2. The number of nitrogens with one attached hydrogen (secondary N) is 2. The van der Waals surface area contributed by atoms with Gasteiger partial charge >= 0.3 is 0 Å². The van der Waals surface area contributed by atoms with Crippen LogP contribution in [-0.2, 0) is 0 Å². The first-order valence-corrected chi connectivity index (χ1v) is 7.61. The van der Waals surface area contributed by atoms with Crippen molar-refractivity contribution in [1.82, 2.24) is 10.6 Å². The van der Waals surface area contributed by atoms with E-state index < -0.39 is 0 Å². The summed E-state index contributed by atoms with van der Waals surface area (Å²) in [6, 6.07) is 9.15. The van der Waals surface area contributed by atoms with Gasteiger partial charge in [0.1, 0.15) is 0 Å². The summed E-state index contributed by atoms with van der Waals surface area (Å²) in [7, 11) is 0. The number of hydrogen-bond donors (Lipinski definition) is 3. The molecular weight excluding hydrogens is 264 g/mol. The number of benzene rings is 1. The third-order valence-electron chi connectivity index (χ3n) is 3.05. The Labute approximate surface area is 127 Å². The number of rotatable bonds is 9. The van der Waals surface area contributed by atoms with E-state index in [9.17, 15) is 4.79 Å². The zero-order valence-electron chi connectivity index (χ0n) is 12.8. The molecule has 1 aromatic rings. The van der Waals surface area contributed by atoms with Gasteiger partial charge in [0.25, 0.3) is 5.91 Å². The molecule has 5 heteroatoms. The Morgan fingerprint density at radius 3 is 2.52 bits per heavy atom. The predicted molar refractivity (Wildman–Crippen MR) is 87.4 cm³/mol. The van der Waals surface area contributed by atoms with Crippen LogP contribution in [-0.4, -0.2) is 31.5 Å². The van der Waals surface area contributed by atoms with Gasteiger partial charge in [0, 0.05) is 25.2 Å². The van der Waals surface area contributed by atoms with Gasteiger partial charge in [-0.25, -0.2) is 0 Å². The lowest BCUT2D eigenvalue weighted by Crippen LogP contribution is -2.38. The maximum Gasteiger partial charge on any atom is 0.251 e. The van der Waals surface area contributed by atoms with Crippen LogP contribution in [0, 0.1) is 0 Å². The molecule has 1 rings (SSSR count). The molecule has 21 heavy (non-hydrogen) atoms. The summed E-state index contributed by atoms with van der Waals surface area (Å²) in [5, 5.41) is 5.82. The average Bonchev–Trinajstić information content (AvgIpc) is 2.52. The minimum atomic E-state index is -0.0764. The standard InChI is InChI=1S/C16H26N4O/c1-2-3-4-8-11-19-16(17)20-13-12-18-15(21)14-9-6-5-7-10-14/h5-7,9-10H,2-4,8,11-13H2,1H3,(H,18,21)(H3,17,19,20). The Morgan fingerprint density at radius 1 is 1.10 bits per heavy atom. The Morgan fingerprint density at radius 2 is 1.81 bits per heavy atom. The largest absolute Gasteiger partial charge is 0.370 e. The van der Waals surface area contributed by atoms with E-state index in [0.29, 0.717) is 24.6 Å². The van der Waals surface area contributed by atoms with E-state index in [2.05, 4.69) is 22.5 Å². The van der Waals surface area contributed by atoms with Gasteiger partial charge in [-0.05, 0) is 18.6 Å². The van der Waals surface area contributed by atoms with Gasteiger partial charge in [-0.1, -0.05) is 44.4 Å². The van der Waals surface area contributed by atoms with Crippen LogP contribution in [0.4, 0.5) is 0 Å². The van der Waals surface area contributed by atoms with Gasteiger partial charge in [0.15, 0.2) is 5.96 Å². The zero-order valence-corrected chi connectivity index (χ0v) is 12.8.